The van der Waals surface area contributed by atoms with E-state index in [0.717, 1.165) is 0 Å². The second-order valence-electron chi connectivity index (χ2n) is 2.00. The quantitative estimate of drug-likeness (QED) is 0.315. The molecule has 0 aromatic rings. The molecule has 0 aromatic heterocycles. The Labute approximate surface area is 67.4 Å². The molecule has 0 amide bonds. The lowest BCUT2D eigenvalue weighted by Gasteiger charge is -2.02. The molecule has 0 aliphatic heterocycles. The highest BCUT2D eigenvalue weighted by Gasteiger charge is 2.12. The molecule has 0 saturated carbocycles. The summed E-state index contributed by atoms with van der Waals surface area (Å²) in [5.41, 5.74) is -0.558. The number of hydrogen-bond donors (Lipinski definition) is 4. The van der Waals surface area contributed by atoms with Crippen LogP contribution in [0, 0.1) is 0 Å². The van der Waals surface area contributed by atoms with Gasteiger partial charge in [-0.1, -0.05) is 0 Å². The zero-order valence-corrected chi connectivity index (χ0v) is 5.97. The molecule has 0 bridgehead atoms. The lowest BCUT2D eigenvalue weighted by atomic mass is 10.2. The summed E-state index contributed by atoms with van der Waals surface area (Å²) in [6.45, 7) is 0. The predicted octanol–water partition coefficient (Wildman–Crippen LogP) is -1.22. The number of carbonyl (C=O) groups is 2. The molecule has 0 aliphatic carbocycles. The molecule has 12 heavy (non-hydrogen) atoms. The highest BCUT2D eigenvalue weighted by Crippen LogP contribution is 2.03. The first-order chi connectivity index (χ1) is 5.43. The summed E-state index contributed by atoms with van der Waals surface area (Å²) in [7, 11) is 0. The monoisotopic (exact) mass is 176 g/mol. The van der Waals surface area contributed by atoms with Crippen LogP contribution in [0.3, 0.4) is 0 Å². The van der Waals surface area contributed by atoms with Gasteiger partial charge in [-0.05, 0) is 0 Å². The van der Waals surface area contributed by atoms with E-state index in [2.05, 4.69) is 0 Å². The van der Waals surface area contributed by atoms with E-state index < -0.39 is 30.2 Å². The highest BCUT2D eigenvalue weighted by atomic mass is 16.5. The van der Waals surface area contributed by atoms with Crippen LogP contribution in [0.4, 0.5) is 0 Å². The van der Waals surface area contributed by atoms with Crippen molar-refractivity contribution in [3.63, 3.8) is 0 Å². The van der Waals surface area contributed by atoms with Crippen molar-refractivity contribution in [2.45, 2.75) is 12.7 Å². The van der Waals surface area contributed by atoms with Gasteiger partial charge >= 0.3 is 11.9 Å². The maximum absolute atomic E-state index is 10.2. The Morgan fingerprint density at radius 3 is 2.00 bits per heavy atom. The Balaban J connectivity index is 4.44. The molecule has 0 rings (SSSR count). The minimum atomic E-state index is -1.85. The first kappa shape index (κ1) is 10.6. The maximum atomic E-state index is 10.2. The van der Waals surface area contributed by atoms with Gasteiger partial charge in [0, 0.05) is 18.1 Å². The largest absolute Gasteiger partial charge is 0.478 e. The molecule has 0 atom stereocenters. The number of carboxylic acids is 2. The first-order valence-electron chi connectivity index (χ1n) is 2.96. The second kappa shape index (κ2) is 4.47. The van der Waals surface area contributed by atoms with E-state index in [4.69, 9.17) is 20.4 Å². The highest BCUT2D eigenvalue weighted by molar-refractivity contribution is 5.94. The van der Waals surface area contributed by atoms with Gasteiger partial charge in [0.25, 0.3) is 0 Å². The number of rotatable bonds is 4. The van der Waals surface area contributed by atoms with E-state index in [1.807, 2.05) is 0 Å². The molecule has 0 aliphatic rings. The van der Waals surface area contributed by atoms with Crippen LogP contribution in [-0.4, -0.2) is 38.7 Å². The van der Waals surface area contributed by atoms with Crippen molar-refractivity contribution >= 4 is 11.9 Å². The SMILES string of the molecule is O=C(O)/C=C(/CC(O)O)C(=O)O. The minimum absolute atomic E-state index is 0.418. The summed E-state index contributed by atoms with van der Waals surface area (Å²) in [6.07, 6.45) is -2.05. The average Bonchev–Trinajstić information content (AvgIpc) is 1.83. The van der Waals surface area contributed by atoms with Crippen LogP contribution < -0.4 is 0 Å². The fraction of sp³-hybridized carbons (Fsp3) is 0.333. The van der Waals surface area contributed by atoms with Crippen LogP contribution in [0.1, 0.15) is 6.42 Å². The third-order valence-corrected chi connectivity index (χ3v) is 0.975. The van der Waals surface area contributed by atoms with Crippen LogP contribution in [0.2, 0.25) is 0 Å². The predicted molar refractivity (Wildman–Crippen MR) is 36.2 cm³/mol. The van der Waals surface area contributed by atoms with Gasteiger partial charge in [0.15, 0.2) is 6.29 Å². The Hall–Kier alpha value is -1.40. The fourth-order valence-corrected chi connectivity index (χ4v) is 0.554. The molecular weight excluding hydrogens is 168 g/mol. The standard InChI is InChI=1S/C6H8O6/c7-4(8)1-3(6(11)12)2-5(9)10/h1,5,9-10H,2H2,(H,7,8)(H,11,12)/b3-1-. The lowest BCUT2D eigenvalue weighted by Crippen LogP contribution is -2.12. The van der Waals surface area contributed by atoms with E-state index in [1.54, 1.807) is 0 Å². The number of aliphatic hydroxyl groups is 2. The molecule has 0 aromatic carbocycles. The molecule has 68 valence electrons. The van der Waals surface area contributed by atoms with Crippen molar-refractivity contribution in [1.29, 1.82) is 0 Å². The zero-order chi connectivity index (χ0) is 9.72. The van der Waals surface area contributed by atoms with Crippen molar-refractivity contribution < 1.29 is 30.0 Å². The van der Waals surface area contributed by atoms with E-state index in [1.165, 1.54) is 0 Å². The molecule has 6 heteroatoms. The van der Waals surface area contributed by atoms with Crippen LogP contribution in [0.15, 0.2) is 11.6 Å². The van der Waals surface area contributed by atoms with Crippen LogP contribution in [-0.2, 0) is 9.59 Å². The van der Waals surface area contributed by atoms with Crippen molar-refractivity contribution in [2.75, 3.05) is 0 Å². The maximum Gasteiger partial charge on any atom is 0.332 e. The Morgan fingerprint density at radius 1 is 1.25 bits per heavy atom. The van der Waals surface area contributed by atoms with Gasteiger partial charge in [0.1, 0.15) is 0 Å². The molecular formula is C6H8O6. The van der Waals surface area contributed by atoms with Gasteiger partial charge in [-0.2, -0.15) is 0 Å². The summed E-state index contributed by atoms with van der Waals surface area (Å²) in [5, 5.41) is 33.1. The molecule has 0 spiro atoms. The molecule has 0 heterocycles. The number of aliphatic carboxylic acids is 2. The molecule has 0 fully saturated rings. The summed E-state index contributed by atoms with van der Waals surface area (Å²) in [5.74, 6) is -2.92. The third kappa shape index (κ3) is 4.42. The third-order valence-electron chi connectivity index (χ3n) is 0.975. The van der Waals surface area contributed by atoms with E-state index in [-0.39, 0.29) is 0 Å². The lowest BCUT2D eigenvalue weighted by molar-refractivity contribution is -0.136. The van der Waals surface area contributed by atoms with Gasteiger partial charge in [-0.15, -0.1) is 0 Å². The molecule has 4 N–H and O–H groups in total. The average molecular weight is 176 g/mol. The van der Waals surface area contributed by atoms with Crippen LogP contribution in [0.25, 0.3) is 0 Å². The number of hydrogen-bond acceptors (Lipinski definition) is 4. The summed E-state index contributed by atoms with van der Waals surface area (Å²) >= 11 is 0. The Bertz CT molecular complexity index is 216. The van der Waals surface area contributed by atoms with Crippen molar-refractivity contribution in [2.24, 2.45) is 0 Å². The van der Waals surface area contributed by atoms with Gasteiger partial charge < -0.3 is 20.4 Å². The van der Waals surface area contributed by atoms with Crippen LogP contribution in [0.5, 0.6) is 0 Å². The first-order valence-corrected chi connectivity index (χ1v) is 2.96. The second-order valence-corrected chi connectivity index (χ2v) is 2.00. The summed E-state index contributed by atoms with van der Waals surface area (Å²) in [4.78, 5) is 20.2. The van der Waals surface area contributed by atoms with Gasteiger partial charge in [-0.3, -0.25) is 0 Å². The zero-order valence-electron chi connectivity index (χ0n) is 5.97. The Morgan fingerprint density at radius 2 is 1.75 bits per heavy atom. The molecule has 0 unspecified atom stereocenters. The fourth-order valence-electron chi connectivity index (χ4n) is 0.554. The summed E-state index contributed by atoms with van der Waals surface area (Å²) < 4.78 is 0. The van der Waals surface area contributed by atoms with Crippen molar-refractivity contribution in [3.05, 3.63) is 11.6 Å². The smallest absolute Gasteiger partial charge is 0.332 e. The van der Waals surface area contributed by atoms with Crippen molar-refractivity contribution in [1.82, 2.24) is 0 Å². The number of carboxylic acid groups (broad SMARTS) is 2. The van der Waals surface area contributed by atoms with Gasteiger partial charge in [0.05, 0.1) is 0 Å². The van der Waals surface area contributed by atoms with Gasteiger partial charge in [-0.25, -0.2) is 9.59 Å². The van der Waals surface area contributed by atoms with Crippen LogP contribution >= 0.6 is 0 Å². The topological polar surface area (TPSA) is 115 Å². The van der Waals surface area contributed by atoms with Crippen molar-refractivity contribution in [3.8, 4) is 0 Å². The normalized spacial score (nSPS) is 11.8. The van der Waals surface area contributed by atoms with Gasteiger partial charge in [0.2, 0.25) is 0 Å². The van der Waals surface area contributed by atoms with E-state index in [0.29, 0.717) is 6.08 Å². The minimum Gasteiger partial charge on any atom is -0.478 e. The number of aliphatic hydroxyl groups excluding tert-OH is 1. The molecule has 6 nitrogen and oxygen atoms in total. The van der Waals surface area contributed by atoms with E-state index in [9.17, 15) is 9.59 Å². The molecule has 0 saturated heterocycles. The Kier molecular flexibility index (Phi) is 3.95. The summed E-state index contributed by atoms with van der Waals surface area (Å²) in [6, 6.07) is 0. The van der Waals surface area contributed by atoms with E-state index >= 15 is 0 Å². The molecule has 0 radical (unpaired) electrons.